The van der Waals surface area contributed by atoms with E-state index in [4.69, 9.17) is 18.9 Å². The van der Waals surface area contributed by atoms with Crippen LogP contribution in [0.5, 0.6) is 5.75 Å². The second kappa shape index (κ2) is 11.5. The van der Waals surface area contributed by atoms with Crippen molar-refractivity contribution in [3.05, 3.63) is 99.7 Å². The van der Waals surface area contributed by atoms with Gasteiger partial charge in [0.05, 0.1) is 29.4 Å². The topological polar surface area (TPSA) is 125 Å². The first-order valence-electron chi connectivity index (χ1n) is 15.1. The van der Waals surface area contributed by atoms with Crippen LogP contribution in [0.4, 0.5) is 0 Å². The number of allylic oxidation sites excluding steroid dienone is 5. The summed E-state index contributed by atoms with van der Waals surface area (Å²) < 4.78 is 23.4. The molecule has 2 aliphatic heterocycles. The van der Waals surface area contributed by atoms with Crippen molar-refractivity contribution >= 4 is 23.9 Å². The van der Waals surface area contributed by atoms with E-state index in [0.29, 0.717) is 34.2 Å². The Morgan fingerprint density at radius 2 is 1.64 bits per heavy atom. The number of aromatic carboxylic acids is 1. The van der Waals surface area contributed by atoms with Gasteiger partial charge in [-0.2, -0.15) is 0 Å². The maximum absolute atomic E-state index is 14.5. The Morgan fingerprint density at radius 3 is 2.36 bits per heavy atom. The molecule has 1 N–H and O–H groups in total. The van der Waals surface area contributed by atoms with Crippen LogP contribution in [0.25, 0.3) is 0 Å². The Hall–Kier alpha value is -4.50. The molecular formula is C36H36O9. The minimum Gasteiger partial charge on any atom is -0.478 e. The molecule has 2 aromatic rings. The van der Waals surface area contributed by atoms with Crippen molar-refractivity contribution in [2.24, 2.45) is 17.8 Å². The summed E-state index contributed by atoms with van der Waals surface area (Å²) in [5.74, 6) is -6.79. The van der Waals surface area contributed by atoms with Gasteiger partial charge in [0.15, 0.2) is 0 Å². The van der Waals surface area contributed by atoms with Gasteiger partial charge in [-0.3, -0.25) is 14.4 Å². The molecule has 234 valence electrons. The Labute approximate surface area is 261 Å². The van der Waals surface area contributed by atoms with Crippen molar-refractivity contribution in [3.8, 4) is 5.75 Å². The molecule has 8 unspecified atom stereocenters. The molecular weight excluding hydrogens is 576 g/mol. The number of carboxylic acid groups (broad SMARTS) is 1. The number of rotatable bonds is 5. The highest BCUT2D eigenvalue weighted by Crippen LogP contribution is 2.52. The number of esters is 3. The van der Waals surface area contributed by atoms with Gasteiger partial charge < -0.3 is 24.1 Å². The van der Waals surface area contributed by atoms with Crippen LogP contribution in [0.1, 0.15) is 68.9 Å². The van der Waals surface area contributed by atoms with Gasteiger partial charge in [-0.25, -0.2) is 4.79 Å². The molecule has 0 radical (unpaired) electrons. The van der Waals surface area contributed by atoms with Crippen LogP contribution in [0.3, 0.4) is 0 Å². The monoisotopic (exact) mass is 612 g/mol. The van der Waals surface area contributed by atoms with E-state index in [1.807, 2.05) is 42.5 Å². The summed E-state index contributed by atoms with van der Waals surface area (Å²) in [5.41, 5.74) is 4.55. The molecule has 4 bridgehead atoms. The molecule has 2 fully saturated rings. The van der Waals surface area contributed by atoms with Crippen LogP contribution in [0, 0.1) is 45.4 Å². The highest BCUT2D eigenvalue weighted by molar-refractivity contribution is 5.94. The lowest BCUT2D eigenvalue weighted by Gasteiger charge is -2.41. The van der Waals surface area contributed by atoms with E-state index in [0.717, 1.165) is 11.1 Å². The smallest absolute Gasteiger partial charge is 0.336 e. The fraction of sp³-hybridized carbons (Fsp3) is 0.389. The Balaban J connectivity index is 1.45. The second-order valence-corrected chi connectivity index (χ2v) is 12.4. The fourth-order valence-electron chi connectivity index (χ4n) is 7.47. The van der Waals surface area contributed by atoms with Gasteiger partial charge in [-0.15, -0.1) is 0 Å². The lowest BCUT2D eigenvalue weighted by atomic mass is 9.62. The van der Waals surface area contributed by atoms with E-state index in [-0.39, 0.29) is 17.4 Å². The number of hydrogen-bond acceptors (Lipinski definition) is 8. The molecule has 2 aromatic carbocycles. The quantitative estimate of drug-likeness (QED) is 0.342. The molecule has 2 saturated heterocycles. The normalized spacial score (nSPS) is 31.1. The standard InChI is InChI=1S/C36H36O9/c1-16-11-7-8-14-24-22-12-9-10-13-23(22)27(16)30(29(24)34(40)45-36-26-15-25(21(6)42-26)33(39)44-36)35(41)43-31-19(4)17(2)18(3)28(20(31)5)32(37)38/h7-14,21,24-27,29-30,36H,1,15H2,2-6H3,(H,37,38)/b11-7-,14-8-. The van der Waals surface area contributed by atoms with E-state index >= 15 is 0 Å². The summed E-state index contributed by atoms with van der Waals surface area (Å²) in [4.78, 5) is 53.7. The van der Waals surface area contributed by atoms with Crippen LogP contribution in [-0.2, 0) is 28.6 Å². The highest BCUT2D eigenvalue weighted by atomic mass is 16.7. The summed E-state index contributed by atoms with van der Waals surface area (Å²) in [7, 11) is 0. The number of fused-ring (bicyclic) bond motifs is 2. The zero-order chi connectivity index (χ0) is 32.3. The zero-order valence-electron chi connectivity index (χ0n) is 25.9. The summed E-state index contributed by atoms with van der Waals surface area (Å²) in [6.07, 6.45) is 5.44. The van der Waals surface area contributed by atoms with Crippen molar-refractivity contribution in [1.82, 2.24) is 0 Å². The van der Waals surface area contributed by atoms with Crippen LogP contribution in [0.2, 0.25) is 0 Å². The van der Waals surface area contributed by atoms with Gasteiger partial charge in [0.1, 0.15) is 11.9 Å². The van der Waals surface area contributed by atoms with E-state index in [1.54, 1.807) is 40.7 Å². The maximum Gasteiger partial charge on any atom is 0.336 e. The average Bonchev–Trinajstić information content (AvgIpc) is 3.40. The first kappa shape index (κ1) is 30.5. The molecule has 45 heavy (non-hydrogen) atoms. The van der Waals surface area contributed by atoms with Crippen LogP contribution >= 0.6 is 0 Å². The average molecular weight is 613 g/mol. The molecule has 0 saturated carbocycles. The number of hydrogen-bond donors (Lipinski definition) is 1. The van der Waals surface area contributed by atoms with Crippen LogP contribution < -0.4 is 4.74 Å². The number of ether oxygens (including phenoxy) is 4. The minimum absolute atomic E-state index is 0.0664. The van der Waals surface area contributed by atoms with E-state index < -0.39 is 65.9 Å². The molecule has 8 atom stereocenters. The minimum atomic E-state index is -1.25. The lowest BCUT2D eigenvalue weighted by Crippen LogP contribution is -2.47. The fourth-order valence-corrected chi connectivity index (χ4v) is 7.47. The van der Waals surface area contributed by atoms with Crippen molar-refractivity contribution in [2.45, 2.75) is 71.4 Å². The first-order valence-corrected chi connectivity index (χ1v) is 15.1. The zero-order valence-corrected chi connectivity index (χ0v) is 25.9. The predicted octanol–water partition coefficient (Wildman–Crippen LogP) is 5.54. The first-order chi connectivity index (χ1) is 21.4. The molecule has 9 heteroatoms. The maximum atomic E-state index is 14.5. The SMILES string of the molecule is C=C1/C=C\C=C/C2c3ccccc3C1C(C(=O)Oc1c(C)c(C)c(C)c(C(=O)O)c1C)C2C(=O)OC1OC(=O)C2CC1OC2C. The molecule has 4 aliphatic rings. The van der Waals surface area contributed by atoms with Crippen molar-refractivity contribution in [2.75, 3.05) is 0 Å². The third-order valence-corrected chi connectivity index (χ3v) is 9.99. The molecule has 9 nitrogen and oxygen atoms in total. The number of cyclic esters (lactones) is 1. The number of carboxylic acids is 1. The van der Waals surface area contributed by atoms with Gasteiger partial charge in [-0.1, -0.05) is 55.1 Å². The lowest BCUT2D eigenvalue weighted by molar-refractivity contribution is -0.216. The summed E-state index contributed by atoms with van der Waals surface area (Å²) in [5, 5.41) is 9.97. The molecule has 0 aromatic heterocycles. The molecule has 2 aliphatic carbocycles. The summed E-state index contributed by atoms with van der Waals surface area (Å²) in [6, 6.07) is 7.58. The van der Waals surface area contributed by atoms with Crippen molar-refractivity contribution in [1.29, 1.82) is 0 Å². The Kier molecular flexibility index (Phi) is 7.77. The van der Waals surface area contributed by atoms with Gasteiger partial charge in [0.2, 0.25) is 0 Å². The predicted molar refractivity (Wildman–Crippen MR) is 163 cm³/mol. The van der Waals surface area contributed by atoms with Crippen molar-refractivity contribution in [3.63, 3.8) is 0 Å². The molecule has 0 spiro atoms. The Bertz CT molecular complexity index is 1700. The van der Waals surface area contributed by atoms with Gasteiger partial charge in [-0.05, 0) is 74.4 Å². The summed E-state index contributed by atoms with van der Waals surface area (Å²) in [6.45, 7) is 13.0. The molecule has 0 amide bonds. The Morgan fingerprint density at radius 1 is 0.933 bits per heavy atom. The third-order valence-electron chi connectivity index (χ3n) is 9.99. The van der Waals surface area contributed by atoms with E-state index in [1.165, 1.54) is 0 Å². The van der Waals surface area contributed by atoms with Gasteiger partial charge >= 0.3 is 23.9 Å². The van der Waals surface area contributed by atoms with Gasteiger partial charge in [0, 0.05) is 17.4 Å². The number of carbonyl (C=O) groups excluding carboxylic acids is 3. The van der Waals surface area contributed by atoms with Crippen LogP contribution in [-0.4, -0.2) is 47.5 Å². The summed E-state index contributed by atoms with van der Waals surface area (Å²) >= 11 is 0. The third kappa shape index (κ3) is 4.99. The number of benzene rings is 2. The molecule has 2 heterocycles. The van der Waals surface area contributed by atoms with Crippen molar-refractivity contribution < 1.29 is 43.2 Å². The van der Waals surface area contributed by atoms with Gasteiger partial charge in [0.25, 0.3) is 6.29 Å². The van der Waals surface area contributed by atoms with E-state index in [2.05, 4.69) is 6.58 Å². The second-order valence-electron chi connectivity index (χ2n) is 12.4. The highest BCUT2D eigenvalue weighted by Gasteiger charge is 2.54. The largest absolute Gasteiger partial charge is 0.478 e. The van der Waals surface area contributed by atoms with Crippen LogP contribution in [0.15, 0.2) is 60.7 Å². The molecule has 6 rings (SSSR count). The van der Waals surface area contributed by atoms with E-state index in [9.17, 15) is 24.3 Å². The number of carbonyl (C=O) groups is 4.